The molecule has 13 heavy (non-hydrogen) atoms. The van der Waals surface area contributed by atoms with Gasteiger partial charge in [0.1, 0.15) is 9.24 Å². The normalized spacial score (nSPS) is 10.2. The molecule has 0 aliphatic heterocycles. The highest BCUT2D eigenvalue weighted by molar-refractivity contribution is 9.10. The molecule has 3 nitrogen and oxygen atoms in total. The van der Waals surface area contributed by atoms with Gasteiger partial charge in [-0.15, -0.1) is 0 Å². The Bertz CT molecular complexity index is 463. The fraction of sp³-hybridized carbons (Fsp3) is 0. The molecule has 0 amide bonds. The highest BCUT2D eigenvalue weighted by atomic mass is 79.9. The van der Waals surface area contributed by atoms with Crippen molar-refractivity contribution in [2.45, 2.75) is 0 Å². The summed E-state index contributed by atoms with van der Waals surface area (Å²) in [6.45, 7) is 0. The number of furan rings is 1. The molecule has 0 atom stereocenters. The van der Waals surface area contributed by atoms with Crippen molar-refractivity contribution in [2.75, 3.05) is 0 Å². The van der Waals surface area contributed by atoms with Crippen molar-refractivity contribution in [1.82, 2.24) is 10.2 Å². The SMILES string of the molecule is S=c1[nH]nc(Br)cc1-c1ccoc1. The van der Waals surface area contributed by atoms with Crippen LogP contribution in [0.15, 0.2) is 33.7 Å². The minimum Gasteiger partial charge on any atom is -0.472 e. The van der Waals surface area contributed by atoms with Crippen LogP contribution in [0.2, 0.25) is 0 Å². The largest absolute Gasteiger partial charge is 0.472 e. The second-order valence-electron chi connectivity index (χ2n) is 2.45. The lowest BCUT2D eigenvalue weighted by Gasteiger charge is -1.96. The Balaban J connectivity index is 2.64. The van der Waals surface area contributed by atoms with E-state index in [1.165, 1.54) is 0 Å². The highest BCUT2D eigenvalue weighted by Gasteiger charge is 2.02. The summed E-state index contributed by atoms with van der Waals surface area (Å²) in [5.41, 5.74) is 1.86. The smallest absolute Gasteiger partial charge is 0.127 e. The van der Waals surface area contributed by atoms with Crippen molar-refractivity contribution < 1.29 is 4.42 Å². The molecule has 0 radical (unpaired) electrons. The van der Waals surface area contributed by atoms with Crippen molar-refractivity contribution in [1.29, 1.82) is 0 Å². The van der Waals surface area contributed by atoms with Gasteiger partial charge in [0.05, 0.1) is 12.5 Å². The zero-order valence-electron chi connectivity index (χ0n) is 6.45. The van der Waals surface area contributed by atoms with Gasteiger partial charge in [-0.1, -0.05) is 12.2 Å². The third-order valence-electron chi connectivity index (χ3n) is 1.60. The molecular formula is C8H5BrN2OS. The summed E-state index contributed by atoms with van der Waals surface area (Å²) in [7, 11) is 0. The van der Waals surface area contributed by atoms with Gasteiger partial charge in [-0.05, 0) is 28.1 Å². The fourth-order valence-corrected chi connectivity index (χ4v) is 1.55. The van der Waals surface area contributed by atoms with Gasteiger partial charge >= 0.3 is 0 Å². The quantitative estimate of drug-likeness (QED) is 0.798. The second kappa shape index (κ2) is 3.43. The van der Waals surface area contributed by atoms with Crippen molar-refractivity contribution >= 4 is 28.1 Å². The summed E-state index contributed by atoms with van der Waals surface area (Å²) < 4.78 is 6.29. The van der Waals surface area contributed by atoms with Gasteiger partial charge in [0, 0.05) is 11.1 Å². The van der Waals surface area contributed by atoms with Crippen LogP contribution in [0.25, 0.3) is 11.1 Å². The van der Waals surface area contributed by atoms with Crippen LogP contribution in [0.4, 0.5) is 0 Å². The molecule has 0 unspecified atom stereocenters. The first-order chi connectivity index (χ1) is 6.27. The number of nitrogens with zero attached hydrogens (tertiary/aromatic N) is 1. The molecular weight excluding hydrogens is 252 g/mol. The standard InChI is InChI=1S/C8H5BrN2OS/c9-7-3-6(8(13)11-10-7)5-1-2-12-4-5/h1-4H,(H,11,13). The highest BCUT2D eigenvalue weighted by Crippen LogP contribution is 2.21. The summed E-state index contributed by atoms with van der Waals surface area (Å²) >= 11 is 8.34. The van der Waals surface area contributed by atoms with Gasteiger partial charge in [0.25, 0.3) is 0 Å². The summed E-state index contributed by atoms with van der Waals surface area (Å²) in [6.07, 6.45) is 3.25. The van der Waals surface area contributed by atoms with Gasteiger partial charge in [-0.25, -0.2) is 0 Å². The van der Waals surface area contributed by atoms with Crippen LogP contribution >= 0.6 is 28.1 Å². The van der Waals surface area contributed by atoms with Crippen LogP contribution in [-0.2, 0) is 0 Å². The van der Waals surface area contributed by atoms with E-state index < -0.39 is 0 Å². The second-order valence-corrected chi connectivity index (χ2v) is 3.67. The van der Waals surface area contributed by atoms with E-state index in [4.69, 9.17) is 16.6 Å². The van der Waals surface area contributed by atoms with E-state index in [2.05, 4.69) is 26.1 Å². The van der Waals surface area contributed by atoms with Crippen molar-refractivity contribution in [3.05, 3.63) is 33.9 Å². The lowest BCUT2D eigenvalue weighted by atomic mass is 10.2. The average molecular weight is 257 g/mol. The molecule has 0 aromatic carbocycles. The Kier molecular flexibility index (Phi) is 2.28. The molecule has 0 fully saturated rings. The summed E-state index contributed by atoms with van der Waals surface area (Å²) in [5.74, 6) is 0. The van der Waals surface area contributed by atoms with Crippen molar-refractivity contribution in [3.8, 4) is 11.1 Å². The summed E-state index contributed by atoms with van der Waals surface area (Å²) in [4.78, 5) is 0. The summed E-state index contributed by atoms with van der Waals surface area (Å²) in [6, 6.07) is 3.70. The maximum atomic E-state index is 5.08. The Labute approximate surface area is 87.9 Å². The molecule has 0 aliphatic rings. The number of halogens is 1. The van der Waals surface area contributed by atoms with Crippen LogP contribution in [0, 0.1) is 4.64 Å². The zero-order valence-corrected chi connectivity index (χ0v) is 8.85. The van der Waals surface area contributed by atoms with Crippen LogP contribution in [0.3, 0.4) is 0 Å². The Morgan fingerprint density at radius 2 is 2.38 bits per heavy atom. The van der Waals surface area contributed by atoms with Gasteiger partial charge in [0.2, 0.25) is 0 Å². The molecule has 2 heterocycles. The number of aromatic amines is 1. The maximum absolute atomic E-state index is 5.08. The van der Waals surface area contributed by atoms with E-state index in [1.54, 1.807) is 12.5 Å². The minimum absolute atomic E-state index is 0.601. The van der Waals surface area contributed by atoms with E-state index in [9.17, 15) is 0 Å². The number of hydrogen-bond donors (Lipinski definition) is 1. The van der Waals surface area contributed by atoms with Crippen LogP contribution in [0.5, 0.6) is 0 Å². The first-order valence-corrected chi connectivity index (χ1v) is 4.75. The molecule has 0 saturated carbocycles. The van der Waals surface area contributed by atoms with E-state index >= 15 is 0 Å². The number of hydrogen-bond acceptors (Lipinski definition) is 3. The number of rotatable bonds is 1. The monoisotopic (exact) mass is 256 g/mol. The van der Waals surface area contributed by atoms with Crippen molar-refractivity contribution in [3.63, 3.8) is 0 Å². The number of aromatic nitrogens is 2. The molecule has 2 rings (SSSR count). The Hall–Kier alpha value is -0.940. The molecule has 0 spiro atoms. The Morgan fingerprint density at radius 3 is 3.08 bits per heavy atom. The fourth-order valence-electron chi connectivity index (χ4n) is 1.01. The van der Waals surface area contributed by atoms with Crippen molar-refractivity contribution in [2.24, 2.45) is 0 Å². The Morgan fingerprint density at radius 1 is 1.54 bits per heavy atom. The minimum atomic E-state index is 0.601. The molecule has 0 saturated heterocycles. The maximum Gasteiger partial charge on any atom is 0.127 e. The van der Waals surface area contributed by atoms with E-state index in [0.717, 1.165) is 15.7 Å². The number of H-pyrrole nitrogens is 1. The summed E-state index contributed by atoms with van der Waals surface area (Å²) in [5, 5.41) is 6.64. The third kappa shape index (κ3) is 1.71. The van der Waals surface area contributed by atoms with Crippen LogP contribution in [-0.4, -0.2) is 10.2 Å². The molecule has 66 valence electrons. The number of nitrogens with one attached hydrogen (secondary N) is 1. The first-order valence-electron chi connectivity index (χ1n) is 3.55. The molecule has 5 heteroatoms. The van der Waals surface area contributed by atoms with E-state index in [1.807, 2.05) is 12.1 Å². The first kappa shape index (κ1) is 8.65. The van der Waals surface area contributed by atoms with Gasteiger partial charge in [-0.3, -0.25) is 5.10 Å². The van der Waals surface area contributed by atoms with Gasteiger partial charge in [0.15, 0.2) is 0 Å². The molecule has 2 aromatic rings. The molecule has 0 bridgehead atoms. The predicted molar refractivity (Wildman–Crippen MR) is 54.8 cm³/mol. The van der Waals surface area contributed by atoms with Crippen LogP contribution in [0.1, 0.15) is 0 Å². The lowest BCUT2D eigenvalue weighted by Crippen LogP contribution is -1.86. The average Bonchev–Trinajstić information content (AvgIpc) is 2.61. The van der Waals surface area contributed by atoms with Gasteiger partial charge < -0.3 is 4.42 Å². The molecule has 0 aliphatic carbocycles. The lowest BCUT2D eigenvalue weighted by molar-refractivity contribution is 0.568. The molecule has 1 N–H and O–H groups in total. The van der Waals surface area contributed by atoms with E-state index in [0.29, 0.717) is 4.64 Å². The predicted octanol–water partition coefficient (Wildman–Crippen LogP) is 3.16. The topological polar surface area (TPSA) is 41.8 Å². The zero-order chi connectivity index (χ0) is 9.26. The van der Waals surface area contributed by atoms with Gasteiger partial charge in [-0.2, -0.15) is 5.10 Å². The van der Waals surface area contributed by atoms with E-state index in [-0.39, 0.29) is 0 Å². The molecule has 2 aromatic heterocycles. The van der Waals surface area contributed by atoms with Crippen LogP contribution < -0.4 is 0 Å². The third-order valence-corrected chi connectivity index (χ3v) is 2.32.